The van der Waals surface area contributed by atoms with Crippen LogP contribution in [0.4, 0.5) is 5.69 Å². The molecule has 12 heteroatoms. The zero-order valence-corrected chi connectivity index (χ0v) is 20.4. The third-order valence-corrected chi connectivity index (χ3v) is 7.80. The molecule has 1 unspecified atom stereocenters. The number of aromatic amines is 1. The van der Waals surface area contributed by atoms with Crippen LogP contribution in [0, 0.1) is 0 Å². The first-order valence-electron chi connectivity index (χ1n) is 9.62. The molecule has 1 aliphatic rings. The molecule has 1 saturated heterocycles. The maximum Gasteiger partial charge on any atom is 0.266 e. The molecule has 0 spiro atoms. The first kappa shape index (κ1) is 23.1. The molecule has 1 amide bonds. The van der Waals surface area contributed by atoms with Crippen LogP contribution < -0.4 is 14.0 Å². The Morgan fingerprint density at radius 3 is 2.78 bits per heavy atom. The molecule has 9 nitrogen and oxygen atoms in total. The van der Waals surface area contributed by atoms with Crippen molar-refractivity contribution in [2.24, 2.45) is 5.73 Å². The molecule has 2 heterocycles. The van der Waals surface area contributed by atoms with Crippen LogP contribution in [0.15, 0.2) is 47.4 Å². The summed E-state index contributed by atoms with van der Waals surface area (Å²) in [7, 11) is -4.10. The van der Waals surface area contributed by atoms with Crippen molar-refractivity contribution < 1.29 is 22.7 Å². The van der Waals surface area contributed by atoms with E-state index < -0.39 is 22.0 Å². The summed E-state index contributed by atoms with van der Waals surface area (Å²) in [6.45, 7) is 0.573. The fourth-order valence-electron chi connectivity index (χ4n) is 3.60. The van der Waals surface area contributed by atoms with Crippen LogP contribution in [0.2, 0.25) is 5.02 Å². The average Bonchev–Trinajstić information content (AvgIpc) is 3.18. The topological polar surface area (TPSA) is 127 Å². The predicted molar refractivity (Wildman–Crippen MR) is 130 cm³/mol. The van der Waals surface area contributed by atoms with Gasteiger partial charge in [-0.3, -0.25) is 4.79 Å². The number of hydrogen-bond acceptors (Lipinski definition) is 6. The standard InChI is InChI=1S/C20H20ClIN4O5S/c21-12-8-15-17(16(9-12)25-22)24-18(20(23)27)19(15)32(28,29)26-6-7-30-14(10-26)11-31-13-4-2-1-3-5-13/h1-5,8-9,14,24-25H,6-7,10-11H2,(H2,23,27). The van der Waals surface area contributed by atoms with Crippen molar-refractivity contribution >= 4 is 67.0 Å². The normalized spacial score (nSPS) is 17.4. The lowest BCUT2D eigenvalue weighted by atomic mass is 10.2. The molecular formula is C20H20ClIN4O5S. The summed E-state index contributed by atoms with van der Waals surface area (Å²) in [4.78, 5) is 14.8. The molecule has 1 aliphatic heterocycles. The van der Waals surface area contributed by atoms with Gasteiger partial charge >= 0.3 is 0 Å². The number of nitrogens with zero attached hydrogens (tertiary/aromatic N) is 1. The van der Waals surface area contributed by atoms with Crippen molar-refractivity contribution in [3.8, 4) is 5.75 Å². The molecule has 4 N–H and O–H groups in total. The van der Waals surface area contributed by atoms with Gasteiger partial charge in [-0.05, 0) is 24.3 Å². The molecule has 1 aromatic heterocycles. The van der Waals surface area contributed by atoms with E-state index in [2.05, 4.69) is 8.51 Å². The van der Waals surface area contributed by atoms with Crippen molar-refractivity contribution in [2.75, 3.05) is 29.8 Å². The molecule has 0 radical (unpaired) electrons. The minimum absolute atomic E-state index is 0.0675. The van der Waals surface area contributed by atoms with E-state index in [1.807, 2.05) is 53.2 Å². The number of aromatic nitrogens is 1. The third-order valence-electron chi connectivity index (χ3n) is 5.05. The van der Waals surface area contributed by atoms with Crippen LogP contribution in [0.5, 0.6) is 5.75 Å². The number of rotatable bonds is 7. The van der Waals surface area contributed by atoms with Crippen molar-refractivity contribution in [1.29, 1.82) is 0 Å². The highest BCUT2D eigenvalue weighted by atomic mass is 127. The van der Waals surface area contributed by atoms with Gasteiger partial charge in [-0.2, -0.15) is 4.31 Å². The number of H-pyrrole nitrogens is 1. The van der Waals surface area contributed by atoms with Gasteiger partial charge in [0, 0.05) is 23.5 Å². The van der Waals surface area contributed by atoms with E-state index in [0.717, 1.165) is 0 Å². The zero-order chi connectivity index (χ0) is 22.9. The second kappa shape index (κ2) is 9.43. The number of fused-ring (bicyclic) bond motifs is 1. The number of nitrogens with one attached hydrogen (secondary N) is 2. The molecule has 170 valence electrons. The number of hydrogen-bond donors (Lipinski definition) is 3. The molecule has 2 aromatic carbocycles. The smallest absolute Gasteiger partial charge is 0.266 e. The van der Waals surface area contributed by atoms with E-state index in [0.29, 0.717) is 22.0 Å². The van der Waals surface area contributed by atoms with Crippen LogP contribution in [0.1, 0.15) is 10.5 Å². The number of halogens is 2. The SMILES string of the molecule is NC(=O)c1[nH]c2c(NI)cc(Cl)cc2c1S(=O)(=O)N1CCOC(COc2ccccc2)C1. The number of morpholine rings is 1. The molecule has 3 aromatic rings. The monoisotopic (exact) mass is 590 g/mol. The average molecular weight is 591 g/mol. The van der Waals surface area contributed by atoms with Crippen molar-refractivity contribution in [2.45, 2.75) is 11.0 Å². The number of primary amides is 1. The van der Waals surface area contributed by atoms with Gasteiger partial charge in [0.1, 0.15) is 29.0 Å². The number of ether oxygens (including phenoxy) is 2. The Kier molecular flexibility index (Phi) is 6.81. The second-order valence-corrected chi connectivity index (χ2v) is 9.99. The Hall–Kier alpha value is -2.06. The minimum Gasteiger partial charge on any atom is -0.491 e. The first-order chi connectivity index (χ1) is 15.3. The van der Waals surface area contributed by atoms with E-state index >= 15 is 0 Å². The molecular weight excluding hydrogens is 571 g/mol. The van der Waals surface area contributed by atoms with Crippen LogP contribution >= 0.6 is 34.5 Å². The van der Waals surface area contributed by atoms with Gasteiger partial charge in [-0.1, -0.05) is 29.8 Å². The van der Waals surface area contributed by atoms with E-state index in [-0.39, 0.29) is 42.3 Å². The molecule has 0 bridgehead atoms. The predicted octanol–water partition coefficient (Wildman–Crippen LogP) is 3.15. The summed E-state index contributed by atoms with van der Waals surface area (Å²) in [6.07, 6.45) is -0.476. The van der Waals surface area contributed by atoms with Gasteiger partial charge in [0.05, 0.1) is 40.7 Å². The number of carbonyl (C=O) groups excluding carboxylic acids is 1. The highest BCUT2D eigenvalue weighted by molar-refractivity contribution is 14.1. The number of carbonyl (C=O) groups is 1. The first-order valence-corrected chi connectivity index (χ1v) is 12.5. The van der Waals surface area contributed by atoms with Crippen LogP contribution in [-0.2, 0) is 14.8 Å². The molecule has 0 aliphatic carbocycles. The Morgan fingerprint density at radius 1 is 1.34 bits per heavy atom. The third kappa shape index (κ3) is 4.53. The zero-order valence-electron chi connectivity index (χ0n) is 16.7. The van der Waals surface area contributed by atoms with Crippen molar-refractivity contribution in [1.82, 2.24) is 9.29 Å². The van der Waals surface area contributed by atoms with Crippen LogP contribution in [0.25, 0.3) is 10.9 Å². The molecule has 32 heavy (non-hydrogen) atoms. The van der Waals surface area contributed by atoms with Crippen molar-refractivity contribution in [3.63, 3.8) is 0 Å². The highest BCUT2D eigenvalue weighted by Gasteiger charge is 2.36. The summed E-state index contributed by atoms with van der Waals surface area (Å²) >= 11 is 8.11. The Morgan fingerprint density at radius 2 is 2.09 bits per heavy atom. The van der Waals surface area contributed by atoms with Crippen molar-refractivity contribution in [3.05, 3.63) is 53.2 Å². The van der Waals surface area contributed by atoms with Gasteiger partial charge in [0.2, 0.25) is 10.0 Å². The summed E-state index contributed by atoms with van der Waals surface area (Å²) in [6, 6.07) is 12.3. The lowest BCUT2D eigenvalue weighted by molar-refractivity contribution is -0.0249. The summed E-state index contributed by atoms with van der Waals surface area (Å²) < 4.78 is 42.9. The molecule has 1 atom stereocenters. The van der Waals surface area contributed by atoms with Crippen LogP contribution in [0.3, 0.4) is 0 Å². The minimum atomic E-state index is -4.10. The maximum absolute atomic E-state index is 13.7. The van der Waals surface area contributed by atoms with Gasteiger partial charge in [0.15, 0.2) is 0 Å². The summed E-state index contributed by atoms with van der Waals surface area (Å²) in [5.74, 6) is -0.218. The number of nitrogens with two attached hydrogens (primary N) is 1. The lowest BCUT2D eigenvalue weighted by Gasteiger charge is -2.32. The Bertz CT molecular complexity index is 1250. The van der Waals surface area contributed by atoms with E-state index in [4.69, 9.17) is 26.8 Å². The molecule has 0 saturated carbocycles. The number of benzene rings is 2. The largest absolute Gasteiger partial charge is 0.491 e. The Balaban J connectivity index is 1.67. The van der Waals surface area contributed by atoms with Gasteiger partial charge in [-0.25, -0.2) is 8.42 Å². The molecule has 1 fully saturated rings. The van der Waals surface area contributed by atoms with E-state index in [1.54, 1.807) is 6.07 Å². The fraction of sp³-hybridized carbons (Fsp3) is 0.250. The maximum atomic E-state index is 13.7. The number of anilines is 1. The Labute approximate surface area is 203 Å². The van der Waals surface area contributed by atoms with Gasteiger partial charge in [0.25, 0.3) is 5.91 Å². The van der Waals surface area contributed by atoms with Crippen LogP contribution in [-0.4, -0.2) is 56.0 Å². The van der Waals surface area contributed by atoms with Gasteiger partial charge < -0.3 is 23.7 Å². The fourth-order valence-corrected chi connectivity index (χ4v) is 6.03. The molecule has 4 rings (SSSR count). The second-order valence-electron chi connectivity index (χ2n) is 7.14. The van der Waals surface area contributed by atoms with E-state index in [9.17, 15) is 13.2 Å². The summed E-state index contributed by atoms with van der Waals surface area (Å²) in [5.41, 5.74) is 6.28. The lowest BCUT2D eigenvalue weighted by Crippen LogP contribution is -2.47. The number of amides is 1. The highest BCUT2D eigenvalue weighted by Crippen LogP contribution is 2.36. The number of para-hydroxylation sites is 1. The summed E-state index contributed by atoms with van der Waals surface area (Å²) in [5, 5.41) is 0.605. The number of sulfonamides is 1. The van der Waals surface area contributed by atoms with Gasteiger partial charge in [-0.15, -0.1) is 0 Å². The van der Waals surface area contributed by atoms with E-state index in [1.165, 1.54) is 10.4 Å². The quantitative estimate of drug-likeness (QED) is 0.287.